The average molecular weight is 405 g/mol. The molecule has 0 radical (unpaired) electrons. The molecule has 0 unspecified atom stereocenters. The highest BCUT2D eigenvalue weighted by atomic mass is 16.5. The van der Waals surface area contributed by atoms with E-state index in [0.29, 0.717) is 23.9 Å². The molecule has 30 heavy (non-hydrogen) atoms. The first-order valence-electron chi connectivity index (χ1n) is 9.70. The van der Waals surface area contributed by atoms with Crippen LogP contribution >= 0.6 is 0 Å². The highest BCUT2D eigenvalue weighted by Crippen LogP contribution is 2.35. The summed E-state index contributed by atoms with van der Waals surface area (Å²) in [5.74, 6) is 1.89. The summed E-state index contributed by atoms with van der Waals surface area (Å²) in [4.78, 5) is 25.3. The van der Waals surface area contributed by atoms with Gasteiger partial charge in [0, 0.05) is 30.0 Å². The molecule has 0 amide bonds. The van der Waals surface area contributed by atoms with Crippen LogP contribution in [0.1, 0.15) is 16.7 Å². The maximum Gasteiger partial charge on any atom is 0.328 e. The van der Waals surface area contributed by atoms with Crippen LogP contribution in [0.5, 0.6) is 17.4 Å². The Hall–Kier alpha value is -3.74. The Balaban J connectivity index is 1.60. The van der Waals surface area contributed by atoms with Crippen molar-refractivity contribution in [2.75, 3.05) is 6.61 Å². The Labute approximate surface area is 173 Å². The Morgan fingerprint density at radius 1 is 0.933 bits per heavy atom. The summed E-state index contributed by atoms with van der Waals surface area (Å²) in [6, 6.07) is 13.3. The molecule has 3 heterocycles. The number of nitrogens with one attached hydrogen (secondary N) is 1. The lowest BCUT2D eigenvalue weighted by molar-refractivity contribution is 0.281. The number of H-pyrrole nitrogens is 1. The van der Waals surface area contributed by atoms with Crippen molar-refractivity contribution >= 4 is 5.52 Å². The molecule has 154 valence electrons. The van der Waals surface area contributed by atoms with Gasteiger partial charge in [0.25, 0.3) is 5.56 Å². The van der Waals surface area contributed by atoms with Crippen LogP contribution in [-0.2, 0) is 6.54 Å². The van der Waals surface area contributed by atoms with Gasteiger partial charge in [0.2, 0.25) is 5.88 Å². The van der Waals surface area contributed by atoms with Crippen molar-refractivity contribution in [1.82, 2.24) is 14.0 Å². The molecule has 4 rings (SSSR count). The first-order chi connectivity index (χ1) is 14.4. The Morgan fingerprint density at radius 2 is 1.70 bits per heavy atom. The Bertz CT molecular complexity index is 1330. The topological polar surface area (TPSA) is 77.7 Å². The van der Waals surface area contributed by atoms with Gasteiger partial charge in [0.05, 0.1) is 6.54 Å². The predicted octanol–water partition coefficient (Wildman–Crippen LogP) is 3.59. The minimum Gasteiger partial charge on any atom is -0.488 e. The summed E-state index contributed by atoms with van der Waals surface area (Å²) >= 11 is 0. The van der Waals surface area contributed by atoms with Crippen LogP contribution in [0.25, 0.3) is 5.52 Å². The number of fused-ring (bicyclic) bond motifs is 1. The summed E-state index contributed by atoms with van der Waals surface area (Å²) < 4.78 is 15.6. The van der Waals surface area contributed by atoms with Gasteiger partial charge >= 0.3 is 5.69 Å². The lowest BCUT2D eigenvalue weighted by Crippen LogP contribution is -2.30. The van der Waals surface area contributed by atoms with Crippen molar-refractivity contribution in [1.29, 1.82) is 0 Å². The van der Waals surface area contributed by atoms with E-state index in [9.17, 15) is 9.59 Å². The van der Waals surface area contributed by atoms with Crippen LogP contribution in [0.3, 0.4) is 0 Å². The summed E-state index contributed by atoms with van der Waals surface area (Å²) in [7, 11) is 0. The fourth-order valence-electron chi connectivity index (χ4n) is 3.27. The maximum atomic E-state index is 11.8. The zero-order valence-electron chi connectivity index (χ0n) is 17.1. The lowest BCUT2D eigenvalue weighted by atomic mass is 10.1. The normalized spacial score (nSPS) is 11.0. The molecule has 0 aliphatic carbocycles. The standard InChI is InChI=1S/C23H23N3O4/c1-15-11-18-5-4-7-26(18)22(12-15)30-20-14-17(3)16(2)13-19(20)29-10-9-25-8-6-21(27)24-23(25)28/h4-8,11-14H,9-10H2,1-3H3,(H,24,27,28). The minimum absolute atomic E-state index is 0.248. The van der Waals surface area contributed by atoms with Crippen molar-refractivity contribution < 1.29 is 9.47 Å². The molecule has 1 aromatic carbocycles. The minimum atomic E-state index is -0.461. The van der Waals surface area contributed by atoms with E-state index in [2.05, 4.69) is 11.1 Å². The fraction of sp³-hybridized carbons (Fsp3) is 0.217. The van der Waals surface area contributed by atoms with E-state index in [-0.39, 0.29) is 6.61 Å². The van der Waals surface area contributed by atoms with Crippen LogP contribution in [0.2, 0.25) is 0 Å². The molecular weight excluding hydrogens is 382 g/mol. The molecule has 3 aromatic heterocycles. The number of ether oxygens (including phenoxy) is 2. The molecular formula is C23H23N3O4. The van der Waals surface area contributed by atoms with Gasteiger partial charge < -0.3 is 9.47 Å². The van der Waals surface area contributed by atoms with E-state index >= 15 is 0 Å². The van der Waals surface area contributed by atoms with Crippen LogP contribution in [-0.4, -0.2) is 20.6 Å². The van der Waals surface area contributed by atoms with E-state index in [1.165, 1.54) is 16.8 Å². The maximum absolute atomic E-state index is 11.8. The molecule has 4 aromatic rings. The Morgan fingerprint density at radius 3 is 2.47 bits per heavy atom. The van der Waals surface area contributed by atoms with Gasteiger partial charge in [-0.15, -0.1) is 0 Å². The number of benzene rings is 1. The molecule has 0 atom stereocenters. The number of rotatable bonds is 6. The number of hydrogen-bond donors (Lipinski definition) is 1. The molecule has 0 fully saturated rings. The molecule has 0 spiro atoms. The number of aryl methyl sites for hydroxylation is 3. The van der Waals surface area contributed by atoms with E-state index in [1.807, 2.05) is 61.7 Å². The van der Waals surface area contributed by atoms with E-state index in [1.54, 1.807) is 0 Å². The molecule has 1 N–H and O–H groups in total. The number of aromatic amines is 1. The molecule has 0 aliphatic rings. The largest absolute Gasteiger partial charge is 0.488 e. The van der Waals surface area contributed by atoms with Gasteiger partial charge in [-0.2, -0.15) is 0 Å². The Kier molecular flexibility index (Phi) is 5.18. The van der Waals surface area contributed by atoms with E-state index in [4.69, 9.17) is 9.47 Å². The van der Waals surface area contributed by atoms with Crippen molar-refractivity contribution in [3.63, 3.8) is 0 Å². The molecule has 0 saturated heterocycles. The number of pyridine rings is 1. The number of nitrogens with zero attached hydrogens (tertiary/aromatic N) is 2. The summed E-state index contributed by atoms with van der Waals surface area (Å²) in [5.41, 5.74) is 3.43. The van der Waals surface area contributed by atoms with Crippen molar-refractivity contribution in [2.24, 2.45) is 0 Å². The highest BCUT2D eigenvalue weighted by molar-refractivity contribution is 5.54. The first-order valence-corrected chi connectivity index (χ1v) is 9.70. The quantitative estimate of drug-likeness (QED) is 0.532. The average Bonchev–Trinajstić information content (AvgIpc) is 3.15. The summed E-state index contributed by atoms with van der Waals surface area (Å²) in [5, 5.41) is 0. The van der Waals surface area contributed by atoms with Crippen molar-refractivity contribution in [3.8, 4) is 17.4 Å². The third kappa shape index (κ3) is 4.00. The van der Waals surface area contributed by atoms with Crippen molar-refractivity contribution in [3.05, 3.63) is 92.4 Å². The second-order valence-corrected chi connectivity index (χ2v) is 7.31. The van der Waals surface area contributed by atoms with Gasteiger partial charge in [-0.1, -0.05) is 0 Å². The molecule has 7 nitrogen and oxygen atoms in total. The number of hydrogen-bond acceptors (Lipinski definition) is 4. The van der Waals surface area contributed by atoms with E-state index in [0.717, 1.165) is 22.2 Å². The second kappa shape index (κ2) is 7.94. The monoisotopic (exact) mass is 405 g/mol. The molecule has 0 bridgehead atoms. The van der Waals surface area contributed by atoms with Gasteiger partial charge in [-0.25, -0.2) is 4.79 Å². The molecule has 7 heteroatoms. The highest BCUT2D eigenvalue weighted by Gasteiger charge is 2.12. The third-order valence-corrected chi connectivity index (χ3v) is 5.01. The van der Waals surface area contributed by atoms with E-state index < -0.39 is 11.2 Å². The SMILES string of the molecule is Cc1cc(Oc2cc(C)c(C)cc2OCCn2ccc(=O)[nH]c2=O)n2cccc2c1. The van der Waals surface area contributed by atoms with Gasteiger partial charge in [-0.05, 0) is 67.8 Å². The fourth-order valence-corrected chi connectivity index (χ4v) is 3.27. The lowest BCUT2D eigenvalue weighted by Gasteiger charge is -2.16. The van der Waals surface area contributed by atoms with Gasteiger partial charge in [-0.3, -0.25) is 18.7 Å². The third-order valence-electron chi connectivity index (χ3n) is 5.01. The summed E-state index contributed by atoms with van der Waals surface area (Å²) in [6.07, 6.45) is 3.41. The number of aromatic nitrogens is 3. The molecule has 0 aliphatic heterocycles. The summed E-state index contributed by atoms with van der Waals surface area (Å²) in [6.45, 7) is 6.61. The van der Waals surface area contributed by atoms with Gasteiger partial charge in [0.1, 0.15) is 6.61 Å². The van der Waals surface area contributed by atoms with Crippen LogP contribution < -0.4 is 20.7 Å². The zero-order valence-corrected chi connectivity index (χ0v) is 17.1. The van der Waals surface area contributed by atoms with Gasteiger partial charge in [0.15, 0.2) is 11.5 Å². The first kappa shape index (κ1) is 19.6. The smallest absolute Gasteiger partial charge is 0.328 e. The predicted molar refractivity (Wildman–Crippen MR) is 115 cm³/mol. The molecule has 0 saturated carbocycles. The van der Waals surface area contributed by atoms with Crippen LogP contribution in [0, 0.1) is 20.8 Å². The van der Waals surface area contributed by atoms with Crippen molar-refractivity contribution in [2.45, 2.75) is 27.3 Å². The van der Waals surface area contributed by atoms with Crippen LogP contribution in [0.15, 0.2) is 64.4 Å². The second-order valence-electron chi connectivity index (χ2n) is 7.31. The zero-order chi connectivity index (χ0) is 21.3. The van der Waals surface area contributed by atoms with Crippen LogP contribution in [0.4, 0.5) is 0 Å².